The number of fused-ring (bicyclic) bond motifs is 1. The number of aromatic nitrogens is 3. The van der Waals surface area contributed by atoms with Gasteiger partial charge in [0.25, 0.3) is 11.5 Å². The van der Waals surface area contributed by atoms with E-state index in [1.165, 1.54) is 41.3 Å². The number of rotatable bonds is 4. The summed E-state index contributed by atoms with van der Waals surface area (Å²) in [6.45, 7) is 0.881. The number of nitrogens with one attached hydrogen (secondary N) is 1. The third-order valence-corrected chi connectivity index (χ3v) is 8.05. The van der Waals surface area contributed by atoms with Crippen LogP contribution in [0.15, 0.2) is 38.2 Å². The summed E-state index contributed by atoms with van der Waals surface area (Å²) in [6.07, 6.45) is 2.91. The Morgan fingerprint density at radius 1 is 1.17 bits per heavy atom. The molecule has 3 aromatic rings. The standard InChI is InChI=1S/C18H19N5O5S2/c1-21-15-12(17(25)22(2)18(21)26)9-11(10-19-15)20-16(24)14-13(5-8-29-14)30(27,28)23-6-3-4-7-23/h5,8-10H,3-4,6-7H2,1-2H3,(H,20,24). The summed E-state index contributed by atoms with van der Waals surface area (Å²) in [5.74, 6) is -0.606. The number of amides is 1. The van der Waals surface area contributed by atoms with E-state index >= 15 is 0 Å². The molecule has 4 heterocycles. The van der Waals surface area contributed by atoms with Gasteiger partial charge in [0.05, 0.1) is 17.3 Å². The molecule has 1 fully saturated rings. The van der Waals surface area contributed by atoms with Crippen LogP contribution >= 0.6 is 11.3 Å². The molecule has 0 saturated carbocycles. The van der Waals surface area contributed by atoms with E-state index in [1.807, 2.05) is 0 Å². The number of hydrogen-bond donors (Lipinski definition) is 1. The van der Waals surface area contributed by atoms with Crippen LogP contribution in [0.3, 0.4) is 0 Å². The van der Waals surface area contributed by atoms with E-state index in [0.29, 0.717) is 13.1 Å². The number of carbonyl (C=O) groups is 1. The summed E-state index contributed by atoms with van der Waals surface area (Å²) in [7, 11) is -0.891. The number of anilines is 1. The molecule has 1 aliphatic rings. The Balaban J connectivity index is 1.69. The molecule has 0 atom stereocenters. The van der Waals surface area contributed by atoms with Gasteiger partial charge in [-0.1, -0.05) is 0 Å². The van der Waals surface area contributed by atoms with Crippen molar-refractivity contribution >= 4 is 44.0 Å². The summed E-state index contributed by atoms with van der Waals surface area (Å²) in [5, 5.41) is 4.33. The Kier molecular flexibility index (Phi) is 5.08. The number of pyridine rings is 1. The van der Waals surface area contributed by atoms with Gasteiger partial charge in [0, 0.05) is 27.2 Å². The SMILES string of the molecule is Cn1c(=O)c2cc(NC(=O)c3sccc3S(=O)(=O)N3CCCC3)cnc2n(C)c1=O. The first-order valence-electron chi connectivity index (χ1n) is 9.16. The molecule has 1 saturated heterocycles. The number of aryl methyl sites for hydroxylation is 1. The van der Waals surface area contributed by atoms with E-state index in [2.05, 4.69) is 10.3 Å². The Morgan fingerprint density at radius 2 is 1.87 bits per heavy atom. The minimum absolute atomic E-state index is 0.0287. The number of thiophene rings is 1. The smallest absolute Gasteiger partial charge is 0.320 e. The highest BCUT2D eigenvalue weighted by atomic mass is 32.2. The van der Waals surface area contributed by atoms with Gasteiger partial charge in [0.2, 0.25) is 10.0 Å². The molecule has 30 heavy (non-hydrogen) atoms. The van der Waals surface area contributed by atoms with Crippen molar-refractivity contribution in [3.8, 4) is 0 Å². The van der Waals surface area contributed by atoms with Crippen LogP contribution in [-0.2, 0) is 24.1 Å². The van der Waals surface area contributed by atoms with Gasteiger partial charge in [-0.25, -0.2) is 18.2 Å². The summed E-state index contributed by atoms with van der Waals surface area (Å²) in [6, 6.07) is 2.85. The van der Waals surface area contributed by atoms with Crippen LogP contribution in [0.5, 0.6) is 0 Å². The van der Waals surface area contributed by atoms with E-state index in [9.17, 15) is 22.8 Å². The van der Waals surface area contributed by atoms with Crippen molar-refractivity contribution in [1.82, 2.24) is 18.4 Å². The molecule has 158 valence electrons. The molecule has 3 aromatic heterocycles. The minimum atomic E-state index is -3.74. The fourth-order valence-electron chi connectivity index (χ4n) is 3.46. The summed E-state index contributed by atoms with van der Waals surface area (Å²) in [5.41, 5.74) is -0.632. The molecule has 1 N–H and O–H groups in total. The average molecular weight is 450 g/mol. The fourth-order valence-corrected chi connectivity index (χ4v) is 6.27. The second kappa shape index (κ2) is 7.45. The lowest BCUT2D eigenvalue weighted by Crippen LogP contribution is -2.37. The quantitative estimate of drug-likeness (QED) is 0.626. The molecule has 0 radical (unpaired) electrons. The minimum Gasteiger partial charge on any atom is -0.320 e. The average Bonchev–Trinajstić information content (AvgIpc) is 3.43. The Hall–Kier alpha value is -2.83. The van der Waals surface area contributed by atoms with Crippen LogP contribution in [0.4, 0.5) is 5.69 Å². The normalized spacial score (nSPS) is 15.0. The van der Waals surface area contributed by atoms with Gasteiger partial charge in [-0.05, 0) is 30.4 Å². The fraction of sp³-hybridized carbons (Fsp3) is 0.333. The molecule has 10 nitrogen and oxygen atoms in total. The van der Waals surface area contributed by atoms with Crippen molar-refractivity contribution in [3.63, 3.8) is 0 Å². The lowest BCUT2D eigenvalue weighted by atomic mass is 10.3. The number of hydrogen-bond acceptors (Lipinski definition) is 7. The highest BCUT2D eigenvalue weighted by Gasteiger charge is 2.31. The van der Waals surface area contributed by atoms with Gasteiger partial charge in [0.15, 0.2) is 0 Å². The van der Waals surface area contributed by atoms with Gasteiger partial charge >= 0.3 is 5.69 Å². The molecule has 0 spiro atoms. The molecule has 0 aliphatic carbocycles. The van der Waals surface area contributed by atoms with Crippen molar-refractivity contribution in [2.75, 3.05) is 18.4 Å². The monoisotopic (exact) mass is 449 g/mol. The Bertz CT molecular complexity index is 1380. The van der Waals surface area contributed by atoms with E-state index in [-0.39, 0.29) is 26.5 Å². The van der Waals surface area contributed by atoms with Gasteiger partial charge in [-0.15, -0.1) is 11.3 Å². The largest absolute Gasteiger partial charge is 0.332 e. The molecular weight excluding hydrogens is 430 g/mol. The molecule has 4 rings (SSSR count). The summed E-state index contributed by atoms with van der Waals surface area (Å²) in [4.78, 5) is 41.4. The second-order valence-electron chi connectivity index (χ2n) is 6.98. The maximum Gasteiger partial charge on any atom is 0.332 e. The van der Waals surface area contributed by atoms with Crippen LogP contribution in [-0.4, -0.2) is 45.8 Å². The third kappa shape index (κ3) is 3.26. The van der Waals surface area contributed by atoms with Gasteiger partial charge in [0.1, 0.15) is 15.4 Å². The van der Waals surface area contributed by atoms with E-state index in [1.54, 1.807) is 5.38 Å². The summed E-state index contributed by atoms with van der Waals surface area (Å²) < 4.78 is 29.3. The van der Waals surface area contributed by atoms with Crippen LogP contribution < -0.4 is 16.6 Å². The predicted octanol–water partition coefficient (Wildman–Crippen LogP) is 0.730. The third-order valence-electron chi connectivity index (χ3n) is 5.07. The highest BCUT2D eigenvalue weighted by molar-refractivity contribution is 7.89. The number of sulfonamides is 1. The van der Waals surface area contributed by atoms with Crippen LogP contribution in [0.1, 0.15) is 22.5 Å². The zero-order chi connectivity index (χ0) is 21.6. The Labute approximate surface area is 175 Å². The first kappa shape index (κ1) is 20.4. The molecular formula is C18H19N5O5S2. The molecule has 0 bridgehead atoms. The topological polar surface area (TPSA) is 123 Å². The predicted molar refractivity (Wildman–Crippen MR) is 112 cm³/mol. The van der Waals surface area contributed by atoms with Crippen molar-refractivity contribution in [2.45, 2.75) is 17.7 Å². The number of carbonyl (C=O) groups excluding carboxylic acids is 1. The van der Waals surface area contributed by atoms with Gasteiger partial charge in [-0.2, -0.15) is 4.31 Å². The zero-order valence-corrected chi connectivity index (χ0v) is 17.9. The molecule has 1 aliphatic heterocycles. The van der Waals surface area contributed by atoms with Crippen LogP contribution in [0.25, 0.3) is 11.0 Å². The first-order valence-corrected chi connectivity index (χ1v) is 11.5. The van der Waals surface area contributed by atoms with Gasteiger partial charge in [-0.3, -0.25) is 18.7 Å². The van der Waals surface area contributed by atoms with Crippen LogP contribution in [0, 0.1) is 0 Å². The lowest BCUT2D eigenvalue weighted by molar-refractivity contribution is 0.102. The molecule has 0 aromatic carbocycles. The van der Waals surface area contributed by atoms with Crippen molar-refractivity contribution in [2.24, 2.45) is 14.1 Å². The van der Waals surface area contributed by atoms with Crippen LogP contribution in [0.2, 0.25) is 0 Å². The van der Waals surface area contributed by atoms with E-state index in [4.69, 9.17) is 0 Å². The van der Waals surface area contributed by atoms with E-state index in [0.717, 1.165) is 28.7 Å². The number of nitrogens with zero attached hydrogens (tertiary/aromatic N) is 4. The first-order chi connectivity index (χ1) is 14.2. The summed E-state index contributed by atoms with van der Waals surface area (Å²) >= 11 is 1.03. The molecule has 1 amide bonds. The lowest BCUT2D eigenvalue weighted by Gasteiger charge is -2.15. The van der Waals surface area contributed by atoms with E-state index < -0.39 is 27.2 Å². The highest BCUT2D eigenvalue weighted by Crippen LogP contribution is 2.28. The van der Waals surface area contributed by atoms with Crippen molar-refractivity contribution in [1.29, 1.82) is 0 Å². The maximum atomic E-state index is 12.9. The van der Waals surface area contributed by atoms with Gasteiger partial charge < -0.3 is 5.32 Å². The Morgan fingerprint density at radius 3 is 2.57 bits per heavy atom. The van der Waals surface area contributed by atoms with Crippen molar-refractivity contribution < 1.29 is 13.2 Å². The molecule has 0 unspecified atom stereocenters. The second-order valence-corrected chi connectivity index (χ2v) is 9.80. The molecule has 12 heteroatoms. The zero-order valence-electron chi connectivity index (χ0n) is 16.3. The maximum absolute atomic E-state index is 12.9. The van der Waals surface area contributed by atoms with Crippen molar-refractivity contribution in [3.05, 3.63) is 49.4 Å².